The van der Waals surface area contributed by atoms with E-state index in [2.05, 4.69) is 30.3 Å². The predicted octanol–water partition coefficient (Wildman–Crippen LogP) is 4.52. The molecular formula is C23H26F3N5O2. The van der Waals surface area contributed by atoms with Crippen molar-refractivity contribution in [2.24, 2.45) is 5.92 Å². The first-order valence-electron chi connectivity index (χ1n) is 10.5. The number of aliphatic hydroxyl groups excluding tert-OH is 1. The SMILES string of the molecule is CC(C)[C@@H](CO)Nc1nc(NCCc2ccncc2)cc(-c2cccc(OC(F)(F)F)c2)n1. The molecule has 0 amide bonds. The summed E-state index contributed by atoms with van der Waals surface area (Å²) in [6.07, 6.45) is -0.624. The van der Waals surface area contributed by atoms with Crippen LogP contribution < -0.4 is 15.4 Å². The van der Waals surface area contributed by atoms with E-state index in [0.717, 1.165) is 12.0 Å². The maximum absolute atomic E-state index is 12.6. The smallest absolute Gasteiger partial charge is 0.406 e. The van der Waals surface area contributed by atoms with Crippen LogP contribution >= 0.6 is 0 Å². The van der Waals surface area contributed by atoms with Crippen molar-refractivity contribution in [3.05, 3.63) is 60.4 Å². The van der Waals surface area contributed by atoms with Gasteiger partial charge in [0, 0.05) is 30.6 Å². The highest BCUT2D eigenvalue weighted by Crippen LogP contribution is 2.29. The molecule has 176 valence electrons. The molecule has 3 aromatic rings. The molecule has 0 spiro atoms. The number of benzene rings is 1. The van der Waals surface area contributed by atoms with Gasteiger partial charge in [0.2, 0.25) is 5.95 Å². The highest BCUT2D eigenvalue weighted by atomic mass is 19.4. The van der Waals surface area contributed by atoms with Crippen molar-refractivity contribution in [3.63, 3.8) is 0 Å². The molecule has 3 N–H and O–H groups in total. The Hall–Kier alpha value is -3.40. The van der Waals surface area contributed by atoms with Crippen molar-refractivity contribution in [3.8, 4) is 17.0 Å². The molecule has 7 nitrogen and oxygen atoms in total. The normalized spacial score (nSPS) is 12.5. The monoisotopic (exact) mass is 461 g/mol. The Morgan fingerprint density at radius 1 is 1.06 bits per heavy atom. The summed E-state index contributed by atoms with van der Waals surface area (Å²) in [5.41, 5.74) is 1.94. The summed E-state index contributed by atoms with van der Waals surface area (Å²) >= 11 is 0. The quantitative estimate of drug-likeness (QED) is 0.409. The van der Waals surface area contributed by atoms with Gasteiger partial charge in [-0.3, -0.25) is 4.98 Å². The van der Waals surface area contributed by atoms with Crippen molar-refractivity contribution < 1.29 is 23.0 Å². The van der Waals surface area contributed by atoms with Gasteiger partial charge in [0.15, 0.2) is 0 Å². The molecule has 0 fully saturated rings. The molecule has 33 heavy (non-hydrogen) atoms. The maximum Gasteiger partial charge on any atom is 0.573 e. The van der Waals surface area contributed by atoms with Gasteiger partial charge in [-0.2, -0.15) is 4.98 Å². The van der Waals surface area contributed by atoms with Crippen LogP contribution in [-0.2, 0) is 6.42 Å². The van der Waals surface area contributed by atoms with Crippen LogP contribution in [0.5, 0.6) is 5.75 Å². The number of alkyl halides is 3. The molecule has 2 aromatic heterocycles. The van der Waals surface area contributed by atoms with E-state index in [1.807, 2.05) is 26.0 Å². The first-order chi connectivity index (χ1) is 15.7. The van der Waals surface area contributed by atoms with Gasteiger partial charge in [-0.15, -0.1) is 13.2 Å². The molecule has 0 radical (unpaired) electrons. The van der Waals surface area contributed by atoms with Crippen molar-refractivity contribution in [1.29, 1.82) is 0 Å². The molecular weight excluding hydrogens is 435 g/mol. The largest absolute Gasteiger partial charge is 0.573 e. The van der Waals surface area contributed by atoms with Crippen LogP contribution in [0, 0.1) is 5.92 Å². The van der Waals surface area contributed by atoms with Crippen LogP contribution in [0.3, 0.4) is 0 Å². The lowest BCUT2D eigenvalue weighted by molar-refractivity contribution is -0.274. The lowest BCUT2D eigenvalue weighted by Gasteiger charge is -2.21. The fourth-order valence-corrected chi connectivity index (χ4v) is 3.08. The number of anilines is 2. The summed E-state index contributed by atoms with van der Waals surface area (Å²) in [7, 11) is 0. The van der Waals surface area contributed by atoms with Crippen molar-refractivity contribution >= 4 is 11.8 Å². The zero-order valence-corrected chi connectivity index (χ0v) is 18.3. The molecule has 10 heteroatoms. The second-order valence-corrected chi connectivity index (χ2v) is 7.75. The van der Waals surface area contributed by atoms with Crippen LogP contribution in [-0.4, -0.2) is 45.6 Å². The number of nitrogens with zero attached hydrogens (tertiary/aromatic N) is 3. The molecule has 0 aliphatic carbocycles. The van der Waals surface area contributed by atoms with Crippen molar-refractivity contribution in [1.82, 2.24) is 15.0 Å². The highest BCUT2D eigenvalue weighted by Gasteiger charge is 2.31. The Labute approximate surface area is 190 Å². The van der Waals surface area contributed by atoms with Crippen LogP contribution in [0.1, 0.15) is 19.4 Å². The molecule has 0 unspecified atom stereocenters. The van der Waals surface area contributed by atoms with Gasteiger partial charge in [0.25, 0.3) is 0 Å². The lowest BCUT2D eigenvalue weighted by atomic mass is 10.1. The molecule has 1 aromatic carbocycles. The standard InChI is InChI=1S/C23H26F3N5O2/c1-15(2)20(14-32)30-22-29-19(17-4-3-5-18(12-17)33-23(24,25)26)13-21(31-22)28-11-8-16-6-9-27-10-7-16/h3-7,9-10,12-13,15,20,32H,8,11,14H2,1-2H3,(H2,28,29,30,31)/t20-/m1/s1. The molecule has 2 heterocycles. The van der Waals surface area contributed by atoms with Crippen LogP contribution in [0.4, 0.5) is 24.9 Å². The topological polar surface area (TPSA) is 92.2 Å². The number of pyridine rings is 1. The van der Waals surface area contributed by atoms with E-state index in [-0.39, 0.29) is 30.3 Å². The zero-order chi connectivity index (χ0) is 23.8. The van der Waals surface area contributed by atoms with Gasteiger partial charge in [0.1, 0.15) is 11.6 Å². The molecule has 0 bridgehead atoms. The maximum atomic E-state index is 12.6. The van der Waals surface area contributed by atoms with E-state index in [0.29, 0.717) is 23.6 Å². The van der Waals surface area contributed by atoms with E-state index < -0.39 is 6.36 Å². The predicted molar refractivity (Wildman–Crippen MR) is 120 cm³/mol. The Bertz CT molecular complexity index is 1030. The van der Waals surface area contributed by atoms with Crippen molar-refractivity contribution in [2.45, 2.75) is 32.7 Å². The number of hydrogen-bond acceptors (Lipinski definition) is 7. The first-order valence-corrected chi connectivity index (χ1v) is 10.5. The van der Waals surface area contributed by atoms with Crippen LogP contribution in [0.2, 0.25) is 0 Å². The fraction of sp³-hybridized carbons (Fsp3) is 0.348. The van der Waals surface area contributed by atoms with Crippen molar-refractivity contribution in [2.75, 3.05) is 23.8 Å². The molecule has 1 atom stereocenters. The molecule has 0 saturated heterocycles. The second-order valence-electron chi connectivity index (χ2n) is 7.75. The Morgan fingerprint density at radius 3 is 2.48 bits per heavy atom. The average molecular weight is 461 g/mol. The van der Waals surface area contributed by atoms with Gasteiger partial charge in [-0.1, -0.05) is 26.0 Å². The number of aliphatic hydroxyl groups is 1. The summed E-state index contributed by atoms with van der Waals surface area (Å²) in [6, 6.07) is 10.8. The van der Waals surface area contributed by atoms with E-state index >= 15 is 0 Å². The minimum absolute atomic E-state index is 0.105. The first kappa shape index (κ1) is 24.2. The number of rotatable bonds is 10. The van der Waals surface area contributed by atoms with E-state index in [4.69, 9.17) is 0 Å². The Balaban J connectivity index is 1.87. The third-order valence-corrected chi connectivity index (χ3v) is 4.87. The lowest BCUT2D eigenvalue weighted by Crippen LogP contribution is -2.30. The van der Waals surface area contributed by atoms with Crippen LogP contribution in [0.15, 0.2) is 54.9 Å². The molecule has 0 saturated carbocycles. The fourth-order valence-electron chi connectivity index (χ4n) is 3.08. The number of halogens is 3. The summed E-state index contributed by atoms with van der Waals surface area (Å²) in [6.45, 7) is 4.35. The zero-order valence-electron chi connectivity index (χ0n) is 18.3. The summed E-state index contributed by atoms with van der Waals surface area (Å²) in [4.78, 5) is 12.9. The number of ether oxygens (including phenoxy) is 1. The Kier molecular flexibility index (Phi) is 8.05. The van der Waals surface area contributed by atoms with Gasteiger partial charge >= 0.3 is 6.36 Å². The average Bonchev–Trinajstić information content (AvgIpc) is 2.77. The van der Waals surface area contributed by atoms with Gasteiger partial charge in [-0.05, 0) is 42.2 Å². The van der Waals surface area contributed by atoms with Gasteiger partial charge in [0.05, 0.1) is 18.3 Å². The third-order valence-electron chi connectivity index (χ3n) is 4.87. The highest BCUT2D eigenvalue weighted by molar-refractivity contribution is 5.66. The van der Waals surface area contributed by atoms with E-state index in [9.17, 15) is 18.3 Å². The minimum atomic E-state index is -4.79. The van der Waals surface area contributed by atoms with Gasteiger partial charge in [-0.25, -0.2) is 4.98 Å². The van der Waals surface area contributed by atoms with E-state index in [1.165, 1.54) is 18.2 Å². The molecule has 0 aliphatic heterocycles. The van der Waals surface area contributed by atoms with Gasteiger partial charge < -0.3 is 20.5 Å². The molecule has 3 rings (SSSR count). The summed E-state index contributed by atoms with van der Waals surface area (Å²) < 4.78 is 42.0. The number of nitrogens with one attached hydrogen (secondary N) is 2. The van der Waals surface area contributed by atoms with E-state index in [1.54, 1.807) is 24.5 Å². The number of hydrogen-bond donors (Lipinski definition) is 3. The summed E-state index contributed by atoms with van der Waals surface area (Å²) in [5.74, 6) is 0.526. The minimum Gasteiger partial charge on any atom is -0.406 e. The Morgan fingerprint density at radius 2 is 1.82 bits per heavy atom. The van der Waals surface area contributed by atoms with Crippen LogP contribution in [0.25, 0.3) is 11.3 Å². The summed E-state index contributed by atoms with van der Waals surface area (Å²) in [5, 5.41) is 16.0. The second kappa shape index (κ2) is 11.0. The third kappa shape index (κ3) is 7.60. The number of aromatic nitrogens is 3. The molecule has 0 aliphatic rings.